The molecular weight excluding hydrogens is 185 g/mol. The van der Waals surface area contributed by atoms with Crippen molar-refractivity contribution in [1.29, 1.82) is 0 Å². The highest BCUT2D eigenvalue weighted by atomic mass is 19.1. The van der Waals surface area contributed by atoms with Gasteiger partial charge in [0.15, 0.2) is 0 Å². The zero-order valence-corrected chi connectivity index (χ0v) is 7.83. The SMILES string of the molecule is Cc1cc(C[C@@H](N)C(=O)O)ccc1F. The van der Waals surface area contributed by atoms with Crippen LogP contribution in [0, 0.1) is 12.7 Å². The van der Waals surface area contributed by atoms with Crippen LogP contribution in [0.5, 0.6) is 0 Å². The Kier molecular flexibility index (Phi) is 3.19. The van der Waals surface area contributed by atoms with Gasteiger partial charge < -0.3 is 10.8 Å². The van der Waals surface area contributed by atoms with E-state index in [0.29, 0.717) is 5.56 Å². The van der Waals surface area contributed by atoms with Crippen molar-refractivity contribution in [1.82, 2.24) is 0 Å². The minimum atomic E-state index is -1.05. The van der Waals surface area contributed by atoms with E-state index < -0.39 is 12.0 Å². The van der Waals surface area contributed by atoms with E-state index in [-0.39, 0.29) is 12.2 Å². The molecule has 0 amide bonds. The molecule has 0 saturated heterocycles. The molecule has 3 N–H and O–H groups in total. The molecule has 0 heterocycles. The van der Waals surface area contributed by atoms with Crippen molar-refractivity contribution in [2.45, 2.75) is 19.4 Å². The second kappa shape index (κ2) is 4.19. The van der Waals surface area contributed by atoms with E-state index in [0.717, 1.165) is 5.56 Å². The fourth-order valence-corrected chi connectivity index (χ4v) is 1.18. The Bertz CT molecular complexity index is 352. The quantitative estimate of drug-likeness (QED) is 0.762. The summed E-state index contributed by atoms with van der Waals surface area (Å²) in [4.78, 5) is 10.5. The number of hydrogen-bond acceptors (Lipinski definition) is 2. The van der Waals surface area contributed by atoms with Crippen molar-refractivity contribution < 1.29 is 14.3 Å². The smallest absolute Gasteiger partial charge is 0.320 e. The maximum atomic E-state index is 12.8. The number of carboxylic acid groups (broad SMARTS) is 1. The zero-order valence-electron chi connectivity index (χ0n) is 7.83. The van der Waals surface area contributed by atoms with Crippen LogP contribution in [0.1, 0.15) is 11.1 Å². The zero-order chi connectivity index (χ0) is 10.7. The molecule has 4 heteroatoms. The Labute approximate surface area is 81.4 Å². The van der Waals surface area contributed by atoms with Crippen molar-refractivity contribution in [3.8, 4) is 0 Å². The summed E-state index contributed by atoms with van der Waals surface area (Å²) < 4.78 is 12.8. The van der Waals surface area contributed by atoms with Gasteiger partial charge in [0.2, 0.25) is 0 Å². The molecule has 0 unspecified atom stereocenters. The minimum Gasteiger partial charge on any atom is -0.480 e. The Hall–Kier alpha value is -1.42. The summed E-state index contributed by atoms with van der Waals surface area (Å²) in [5.41, 5.74) is 6.58. The molecule has 3 nitrogen and oxygen atoms in total. The molecule has 1 atom stereocenters. The van der Waals surface area contributed by atoms with Gasteiger partial charge in [0, 0.05) is 0 Å². The van der Waals surface area contributed by atoms with Crippen molar-refractivity contribution in [2.75, 3.05) is 0 Å². The molecule has 0 spiro atoms. The minimum absolute atomic E-state index is 0.219. The van der Waals surface area contributed by atoms with E-state index in [1.807, 2.05) is 0 Å². The summed E-state index contributed by atoms with van der Waals surface area (Å²) in [6.45, 7) is 1.63. The predicted octanol–water partition coefficient (Wildman–Crippen LogP) is 1.09. The molecule has 0 fully saturated rings. The maximum absolute atomic E-state index is 12.8. The van der Waals surface area contributed by atoms with Crippen LogP contribution in [0.25, 0.3) is 0 Å². The lowest BCUT2D eigenvalue weighted by Gasteiger charge is -2.07. The first-order chi connectivity index (χ1) is 6.50. The first-order valence-electron chi connectivity index (χ1n) is 4.24. The van der Waals surface area contributed by atoms with E-state index in [1.165, 1.54) is 6.07 Å². The second-order valence-corrected chi connectivity index (χ2v) is 3.23. The van der Waals surface area contributed by atoms with Crippen LogP contribution < -0.4 is 5.73 Å². The summed E-state index contributed by atoms with van der Waals surface area (Å²) in [6.07, 6.45) is 0.219. The van der Waals surface area contributed by atoms with Crippen molar-refractivity contribution in [2.24, 2.45) is 5.73 Å². The van der Waals surface area contributed by atoms with Crippen LogP contribution in [0.4, 0.5) is 4.39 Å². The molecule has 76 valence electrons. The molecule has 0 aliphatic carbocycles. The van der Waals surface area contributed by atoms with E-state index in [2.05, 4.69) is 0 Å². The van der Waals surface area contributed by atoms with Crippen LogP contribution in [-0.2, 0) is 11.2 Å². The lowest BCUT2D eigenvalue weighted by Crippen LogP contribution is -2.32. The molecule has 14 heavy (non-hydrogen) atoms. The van der Waals surface area contributed by atoms with Crippen LogP contribution in [-0.4, -0.2) is 17.1 Å². The first-order valence-corrected chi connectivity index (χ1v) is 4.24. The van der Waals surface area contributed by atoms with Crippen molar-refractivity contribution >= 4 is 5.97 Å². The monoisotopic (exact) mass is 197 g/mol. The third-order valence-corrected chi connectivity index (χ3v) is 2.00. The summed E-state index contributed by atoms with van der Waals surface area (Å²) in [5, 5.41) is 8.57. The molecule has 0 bridgehead atoms. The molecular formula is C10H12FNO2. The van der Waals surface area contributed by atoms with E-state index in [1.54, 1.807) is 19.1 Å². The number of aliphatic carboxylic acids is 1. The molecule has 0 aliphatic heterocycles. The highest BCUT2D eigenvalue weighted by Crippen LogP contribution is 2.10. The lowest BCUT2D eigenvalue weighted by molar-refractivity contribution is -0.138. The number of halogens is 1. The maximum Gasteiger partial charge on any atom is 0.320 e. The van der Waals surface area contributed by atoms with Gasteiger partial charge >= 0.3 is 5.97 Å². The number of carbonyl (C=O) groups is 1. The fourth-order valence-electron chi connectivity index (χ4n) is 1.18. The van der Waals surface area contributed by atoms with Gasteiger partial charge in [0.1, 0.15) is 11.9 Å². The number of rotatable bonds is 3. The van der Waals surface area contributed by atoms with Crippen LogP contribution in [0.15, 0.2) is 18.2 Å². The molecule has 0 aromatic heterocycles. The van der Waals surface area contributed by atoms with Crippen LogP contribution >= 0.6 is 0 Å². The summed E-state index contributed by atoms with van der Waals surface area (Å²) >= 11 is 0. The topological polar surface area (TPSA) is 63.3 Å². The number of carboxylic acids is 1. The van der Waals surface area contributed by atoms with Gasteiger partial charge in [0.25, 0.3) is 0 Å². The molecule has 1 aromatic carbocycles. The molecule has 0 radical (unpaired) electrons. The predicted molar refractivity (Wildman–Crippen MR) is 50.5 cm³/mol. The standard InChI is InChI=1S/C10H12FNO2/c1-6-4-7(2-3-8(6)11)5-9(12)10(13)14/h2-4,9H,5,12H2,1H3,(H,13,14)/t9-/m1/s1. The third-order valence-electron chi connectivity index (χ3n) is 2.00. The average Bonchev–Trinajstić information content (AvgIpc) is 2.11. The first kappa shape index (κ1) is 10.7. The van der Waals surface area contributed by atoms with Crippen LogP contribution in [0.2, 0.25) is 0 Å². The van der Waals surface area contributed by atoms with Gasteiger partial charge in [-0.05, 0) is 30.5 Å². The number of benzene rings is 1. The number of nitrogens with two attached hydrogens (primary N) is 1. The average molecular weight is 197 g/mol. The highest BCUT2D eigenvalue weighted by Gasteiger charge is 2.12. The largest absolute Gasteiger partial charge is 0.480 e. The fraction of sp³-hybridized carbons (Fsp3) is 0.300. The number of aryl methyl sites for hydroxylation is 1. The van der Waals surface area contributed by atoms with Crippen molar-refractivity contribution in [3.05, 3.63) is 35.1 Å². The molecule has 1 aromatic rings. The van der Waals surface area contributed by atoms with E-state index >= 15 is 0 Å². The van der Waals surface area contributed by atoms with E-state index in [4.69, 9.17) is 10.8 Å². The van der Waals surface area contributed by atoms with Gasteiger partial charge in [-0.25, -0.2) is 4.39 Å². The third kappa shape index (κ3) is 2.53. The van der Waals surface area contributed by atoms with Gasteiger partial charge in [-0.15, -0.1) is 0 Å². The Morgan fingerprint density at radius 2 is 2.29 bits per heavy atom. The van der Waals surface area contributed by atoms with Gasteiger partial charge in [-0.1, -0.05) is 12.1 Å². The molecule has 1 rings (SSSR count). The Morgan fingerprint density at radius 3 is 2.79 bits per heavy atom. The highest BCUT2D eigenvalue weighted by molar-refractivity contribution is 5.73. The normalized spacial score (nSPS) is 12.5. The number of hydrogen-bond donors (Lipinski definition) is 2. The molecule has 0 saturated carbocycles. The lowest BCUT2D eigenvalue weighted by atomic mass is 10.0. The summed E-state index contributed by atoms with van der Waals surface area (Å²) in [6, 6.07) is 3.54. The Morgan fingerprint density at radius 1 is 1.64 bits per heavy atom. The van der Waals surface area contributed by atoms with Gasteiger partial charge in [-0.3, -0.25) is 4.79 Å². The van der Waals surface area contributed by atoms with Gasteiger partial charge in [0.05, 0.1) is 0 Å². The summed E-state index contributed by atoms with van der Waals surface area (Å²) in [7, 11) is 0. The van der Waals surface area contributed by atoms with Crippen molar-refractivity contribution in [3.63, 3.8) is 0 Å². The van der Waals surface area contributed by atoms with Gasteiger partial charge in [-0.2, -0.15) is 0 Å². The Balaban J connectivity index is 2.78. The molecule has 0 aliphatic rings. The van der Waals surface area contributed by atoms with E-state index in [9.17, 15) is 9.18 Å². The summed E-state index contributed by atoms with van der Waals surface area (Å²) in [5.74, 6) is -1.34. The van der Waals surface area contributed by atoms with Crippen LogP contribution in [0.3, 0.4) is 0 Å². The second-order valence-electron chi connectivity index (χ2n) is 3.23.